The molecule has 2 radical (unpaired) electrons. The van der Waals surface area contributed by atoms with Gasteiger partial charge >= 0.3 is 0 Å². The van der Waals surface area contributed by atoms with Crippen LogP contribution in [0.4, 0.5) is 9.18 Å². The number of aromatic nitrogens is 2. The molecule has 0 aliphatic rings. The van der Waals surface area contributed by atoms with E-state index in [1.54, 1.807) is 0 Å². The minimum Gasteiger partial charge on any atom is -0.288 e. The maximum atomic E-state index is 13.2. The lowest BCUT2D eigenvalue weighted by Crippen LogP contribution is -2.26. The van der Waals surface area contributed by atoms with E-state index in [9.17, 15) is 14.0 Å². The van der Waals surface area contributed by atoms with Crippen molar-refractivity contribution in [1.82, 2.24) is 9.55 Å². The van der Waals surface area contributed by atoms with Crippen LogP contribution in [0.25, 0.3) is 10.9 Å². The number of carbonyl (C=O) groups is 1. The van der Waals surface area contributed by atoms with E-state index in [1.165, 1.54) is 13.0 Å². The van der Waals surface area contributed by atoms with Gasteiger partial charge in [0.05, 0.1) is 10.9 Å². The third-order valence-corrected chi connectivity index (χ3v) is 2.28. The van der Waals surface area contributed by atoms with Gasteiger partial charge in [0.25, 0.3) is 5.56 Å². The fourth-order valence-electron chi connectivity index (χ4n) is 1.41. The molecule has 1 aromatic heterocycles. The number of aryl methyl sites for hydroxylation is 1. The minimum absolute atomic E-state index is 0.167. The molecule has 0 saturated heterocycles. The maximum Gasteiger partial charge on any atom is 0.267 e. The highest BCUT2D eigenvalue weighted by Gasteiger charge is 2.09. The summed E-state index contributed by atoms with van der Waals surface area (Å²) < 4.78 is 13.9. The molecule has 1 heterocycles. The lowest BCUT2D eigenvalue weighted by molar-refractivity contribution is 0.260. The lowest BCUT2D eigenvalue weighted by Gasteiger charge is -2.03. The summed E-state index contributed by atoms with van der Waals surface area (Å²) in [4.78, 5) is 26.4. The van der Waals surface area contributed by atoms with Gasteiger partial charge in [0, 0.05) is 6.07 Å². The zero-order chi connectivity index (χ0) is 11.9. The van der Waals surface area contributed by atoms with Crippen molar-refractivity contribution in [3.05, 3.63) is 40.2 Å². The van der Waals surface area contributed by atoms with Gasteiger partial charge in [0.15, 0.2) is 5.81 Å². The molecule has 0 N–H and O–H groups in total. The monoisotopic (exact) mass is 216 g/mol. The lowest BCUT2D eigenvalue weighted by atomic mass is 10.1. The quantitative estimate of drug-likeness (QED) is 0.616. The molecule has 78 valence electrons. The molecular weight excluding hydrogens is 210 g/mol. The Morgan fingerprint density at radius 1 is 1.50 bits per heavy atom. The second-order valence-corrected chi connectivity index (χ2v) is 3.38. The Kier molecular flexibility index (Phi) is 2.34. The Hall–Kier alpha value is -1.98. The average Bonchev–Trinajstić information content (AvgIpc) is 2.21. The molecule has 16 heavy (non-hydrogen) atoms. The number of halogens is 1. The summed E-state index contributed by atoms with van der Waals surface area (Å²) in [7, 11) is 4.98. The minimum atomic E-state index is -0.915. The van der Waals surface area contributed by atoms with Crippen LogP contribution in [-0.2, 0) is 0 Å². The highest BCUT2D eigenvalue weighted by Crippen LogP contribution is 2.13. The van der Waals surface area contributed by atoms with E-state index in [2.05, 4.69) is 4.98 Å². The molecule has 2 rings (SSSR count). The van der Waals surface area contributed by atoms with E-state index in [0.29, 0.717) is 10.1 Å². The van der Waals surface area contributed by atoms with E-state index in [4.69, 9.17) is 7.85 Å². The second-order valence-electron chi connectivity index (χ2n) is 3.38. The van der Waals surface area contributed by atoms with Gasteiger partial charge in [-0.15, -0.1) is 0 Å². The first-order chi connectivity index (χ1) is 7.50. The normalized spacial score (nSPS) is 10.6. The standard InChI is InChI=1S/C10H6BFN2O2/c1-5-2-6-8(3-7(5)12)13-4-14(9(6)15)10(11)16/h2-4H,1H3. The van der Waals surface area contributed by atoms with Crippen LogP contribution in [0.15, 0.2) is 23.3 Å². The van der Waals surface area contributed by atoms with Crippen LogP contribution in [0.5, 0.6) is 0 Å². The van der Waals surface area contributed by atoms with Gasteiger partial charge in [-0.2, -0.15) is 0 Å². The number of rotatable bonds is 0. The van der Waals surface area contributed by atoms with Crippen molar-refractivity contribution in [2.45, 2.75) is 6.92 Å². The van der Waals surface area contributed by atoms with E-state index in [0.717, 1.165) is 12.4 Å². The van der Waals surface area contributed by atoms with Crippen LogP contribution >= 0.6 is 0 Å². The Bertz CT molecular complexity index is 651. The van der Waals surface area contributed by atoms with Gasteiger partial charge in [-0.25, -0.2) is 13.9 Å². The van der Waals surface area contributed by atoms with Crippen LogP contribution < -0.4 is 5.56 Å². The predicted molar refractivity (Wildman–Crippen MR) is 57.2 cm³/mol. The zero-order valence-corrected chi connectivity index (χ0v) is 8.40. The van der Waals surface area contributed by atoms with Gasteiger partial charge in [0.1, 0.15) is 12.1 Å². The Labute approximate surface area is 91.1 Å². The highest BCUT2D eigenvalue weighted by atomic mass is 19.1. The summed E-state index contributed by atoms with van der Waals surface area (Å²) >= 11 is 0. The van der Waals surface area contributed by atoms with E-state index in [1.807, 2.05) is 0 Å². The summed E-state index contributed by atoms with van der Waals surface area (Å²) in [6, 6.07) is 2.50. The number of nitrogens with zero attached hydrogens (tertiary/aromatic N) is 2. The SMILES string of the molecule is [B]C(=O)n1cnc2cc(F)c(C)cc2c1=O. The maximum absolute atomic E-state index is 13.2. The predicted octanol–water partition coefficient (Wildman–Crippen LogP) is 0.981. The first-order valence-electron chi connectivity index (χ1n) is 4.48. The van der Waals surface area contributed by atoms with Crippen LogP contribution in [0.1, 0.15) is 5.56 Å². The van der Waals surface area contributed by atoms with E-state index < -0.39 is 17.2 Å². The van der Waals surface area contributed by atoms with Crippen LogP contribution in [0, 0.1) is 12.7 Å². The number of hydrogen-bond donors (Lipinski definition) is 0. The summed E-state index contributed by atoms with van der Waals surface area (Å²) in [5, 5.41) is 0.167. The van der Waals surface area contributed by atoms with Crippen molar-refractivity contribution < 1.29 is 9.18 Å². The molecule has 0 saturated carbocycles. The number of benzene rings is 1. The molecule has 2 aromatic rings. The molecule has 1 aromatic carbocycles. The Balaban J connectivity index is 2.90. The fraction of sp³-hybridized carbons (Fsp3) is 0.100. The topological polar surface area (TPSA) is 52.0 Å². The molecule has 0 bridgehead atoms. The number of hydrogen-bond acceptors (Lipinski definition) is 3. The molecule has 0 unspecified atom stereocenters. The van der Waals surface area contributed by atoms with Gasteiger partial charge in [0.2, 0.25) is 7.85 Å². The summed E-state index contributed by atoms with van der Waals surface area (Å²) in [6.45, 7) is 1.52. The number of fused-ring (bicyclic) bond motifs is 1. The van der Waals surface area contributed by atoms with Crippen molar-refractivity contribution in [3.63, 3.8) is 0 Å². The first-order valence-corrected chi connectivity index (χ1v) is 4.48. The fourth-order valence-corrected chi connectivity index (χ4v) is 1.41. The summed E-state index contributed by atoms with van der Waals surface area (Å²) in [5.41, 5.74) is -0.0835. The molecule has 0 aliphatic carbocycles. The van der Waals surface area contributed by atoms with Gasteiger partial charge < -0.3 is 0 Å². The van der Waals surface area contributed by atoms with Crippen molar-refractivity contribution in [1.29, 1.82) is 0 Å². The van der Waals surface area contributed by atoms with Gasteiger partial charge in [-0.1, -0.05) is 0 Å². The first kappa shape index (κ1) is 10.5. The molecule has 0 atom stereocenters. The van der Waals surface area contributed by atoms with Crippen molar-refractivity contribution in [2.24, 2.45) is 0 Å². The van der Waals surface area contributed by atoms with Crippen molar-refractivity contribution >= 4 is 24.6 Å². The molecule has 0 spiro atoms. The van der Waals surface area contributed by atoms with Gasteiger partial charge in [-0.3, -0.25) is 9.59 Å². The Morgan fingerprint density at radius 3 is 2.81 bits per heavy atom. The third-order valence-electron chi connectivity index (χ3n) is 2.28. The third kappa shape index (κ3) is 1.52. The zero-order valence-electron chi connectivity index (χ0n) is 8.40. The van der Waals surface area contributed by atoms with Crippen LogP contribution in [0.2, 0.25) is 0 Å². The second kappa shape index (κ2) is 3.55. The van der Waals surface area contributed by atoms with Crippen molar-refractivity contribution in [2.75, 3.05) is 0 Å². The molecule has 0 fully saturated rings. The van der Waals surface area contributed by atoms with E-state index in [-0.39, 0.29) is 10.9 Å². The smallest absolute Gasteiger partial charge is 0.267 e. The molecule has 0 amide bonds. The average molecular weight is 216 g/mol. The molecule has 0 aliphatic heterocycles. The largest absolute Gasteiger partial charge is 0.288 e. The van der Waals surface area contributed by atoms with E-state index >= 15 is 0 Å². The molecular formula is C10H6BFN2O2. The number of carbonyl (C=O) groups excluding carboxylic acids is 1. The highest BCUT2D eigenvalue weighted by molar-refractivity contribution is 6.57. The van der Waals surface area contributed by atoms with Gasteiger partial charge in [-0.05, 0) is 18.6 Å². The summed E-state index contributed by atoms with van der Waals surface area (Å²) in [5.74, 6) is -1.36. The Morgan fingerprint density at radius 2 is 2.19 bits per heavy atom. The molecule has 6 heteroatoms. The summed E-state index contributed by atoms with van der Waals surface area (Å²) in [6.07, 6.45) is 0.988. The van der Waals surface area contributed by atoms with Crippen LogP contribution in [0.3, 0.4) is 0 Å². The van der Waals surface area contributed by atoms with Crippen molar-refractivity contribution in [3.8, 4) is 0 Å². The van der Waals surface area contributed by atoms with Crippen LogP contribution in [-0.4, -0.2) is 23.2 Å². The molecule has 4 nitrogen and oxygen atoms in total.